The molecule has 0 unspecified atom stereocenters. The number of hydrogen-bond donors (Lipinski definition) is 1. The molecule has 0 saturated carbocycles. The fourth-order valence-electron chi connectivity index (χ4n) is 1.48. The van der Waals surface area contributed by atoms with Gasteiger partial charge < -0.3 is 4.72 Å². The molecule has 0 atom stereocenters. The van der Waals surface area contributed by atoms with Gasteiger partial charge in [0.25, 0.3) is 0 Å². The van der Waals surface area contributed by atoms with Gasteiger partial charge in [0.05, 0.1) is 10.3 Å². The SMILES string of the molecule is C1=CNSc2c3c(ccc2=C1)=NC=N3. The van der Waals surface area contributed by atoms with E-state index in [-0.39, 0.29) is 0 Å². The van der Waals surface area contributed by atoms with Crippen molar-refractivity contribution in [2.45, 2.75) is 4.90 Å². The quantitative estimate of drug-likeness (QED) is 0.633. The lowest BCUT2D eigenvalue weighted by Crippen LogP contribution is -2.11. The fraction of sp³-hybridized carbons (Fsp3) is 0. The molecule has 0 aromatic heterocycles. The average molecular weight is 201 g/mol. The lowest BCUT2D eigenvalue weighted by atomic mass is 10.2. The Kier molecular flexibility index (Phi) is 1.67. The van der Waals surface area contributed by atoms with E-state index in [1.54, 1.807) is 18.3 Å². The molecule has 68 valence electrons. The first-order valence-electron chi connectivity index (χ1n) is 4.28. The van der Waals surface area contributed by atoms with Crippen molar-refractivity contribution >= 4 is 30.0 Å². The largest absolute Gasteiger partial charge is 0.332 e. The van der Waals surface area contributed by atoms with Crippen LogP contribution in [0.25, 0.3) is 6.08 Å². The van der Waals surface area contributed by atoms with Crippen LogP contribution in [0.4, 0.5) is 5.69 Å². The number of allylic oxidation sites excluding steroid dienone is 1. The van der Waals surface area contributed by atoms with E-state index in [4.69, 9.17) is 0 Å². The van der Waals surface area contributed by atoms with E-state index in [1.165, 1.54) is 5.22 Å². The minimum atomic E-state index is 0.952. The minimum absolute atomic E-state index is 0.952. The van der Waals surface area contributed by atoms with Crippen LogP contribution in [0.3, 0.4) is 0 Å². The van der Waals surface area contributed by atoms with Gasteiger partial charge in [-0.15, -0.1) is 0 Å². The average Bonchev–Trinajstić information content (AvgIpc) is 2.55. The molecule has 14 heavy (non-hydrogen) atoms. The van der Waals surface area contributed by atoms with Crippen molar-refractivity contribution < 1.29 is 0 Å². The topological polar surface area (TPSA) is 36.8 Å². The van der Waals surface area contributed by atoms with Crippen LogP contribution in [0.2, 0.25) is 0 Å². The molecule has 0 spiro atoms. The number of nitrogens with one attached hydrogen (secondary N) is 1. The van der Waals surface area contributed by atoms with Crippen molar-refractivity contribution in [2.24, 2.45) is 9.98 Å². The highest BCUT2D eigenvalue weighted by atomic mass is 32.2. The summed E-state index contributed by atoms with van der Waals surface area (Å²) in [5.74, 6) is 0. The number of nitrogens with zero attached hydrogens (tertiary/aromatic N) is 2. The van der Waals surface area contributed by atoms with Crippen molar-refractivity contribution in [1.29, 1.82) is 0 Å². The standard InChI is InChI=1S/C10H7N3S/c1-2-7-3-4-8-9(12-6-11-8)10(7)14-13-5-1/h1-6,13H. The van der Waals surface area contributed by atoms with Crippen LogP contribution in [0.5, 0.6) is 0 Å². The first-order valence-corrected chi connectivity index (χ1v) is 5.09. The third kappa shape index (κ3) is 1.08. The van der Waals surface area contributed by atoms with Gasteiger partial charge in [0.2, 0.25) is 0 Å². The summed E-state index contributed by atoms with van der Waals surface area (Å²) < 4.78 is 3.12. The van der Waals surface area contributed by atoms with E-state index in [9.17, 15) is 0 Å². The Labute approximate surface area is 85.1 Å². The zero-order chi connectivity index (χ0) is 9.38. The highest BCUT2D eigenvalue weighted by Crippen LogP contribution is 2.22. The molecule has 3 nitrogen and oxygen atoms in total. The van der Waals surface area contributed by atoms with Crippen LogP contribution in [0.15, 0.2) is 39.3 Å². The molecule has 0 aliphatic carbocycles. The molecule has 1 N–H and O–H groups in total. The molecule has 0 saturated heterocycles. The maximum absolute atomic E-state index is 4.25. The highest BCUT2D eigenvalue weighted by molar-refractivity contribution is 7.97. The third-order valence-corrected chi connectivity index (χ3v) is 3.01. The van der Waals surface area contributed by atoms with Crippen LogP contribution >= 0.6 is 11.9 Å². The maximum Gasteiger partial charge on any atom is 0.116 e. The first-order chi connectivity index (χ1) is 6.95. The molecular formula is C10H7N3S. The zero-order valence-corrected chi connectivity index (χ0v) is 8.08. The van der Waals surface area contributed by atoms with Gasteiger partial charge in [0.1, 0.15) is 12.0 Å². The normalized spacial score (nSPS) is 16.0. The van der Waals surface area contributed by atoms with E-state index in [0.717, 1.165) is 15.9 Å². The first kappa shape index (κ1) is 7.82. The van der Waals surface area contributed by atoms with Gasteiger partial charge in [-0.25, -0.2) is 9.98 Å². The Morgan fingerprint density at radius 1 is 1.29 bits per heavy atom. The summed E-state index contributed by atoms with van der Waals surface area (Å²) in [6.45, 7) is 0. The number of aliphatic imine (C=N–C) groups is 1. The number of rotatable bonds is 0. The second-order valence-electron chi connectivity index (χ2n) is 2.97. The lowest BCUT2D eigenvalue weighted by molar-refractivity contribution is 1.28. The van der Waals surface area contributed by atoms with Crippen LogP contribution < -0.4 is 15.3 Å². The van der Waals surface area contributed by atoms with Gasteiger partial charge in [-0.3, -0.25) is 0 Å². The molecule has 0 radical (unpaired) electrons. The summed E-state index contributed by atoms with van der Waals surface area (Å²) in [7, 11) is 0. The molecule has 0 fully saturated rings. The summed E-state index contributed by atoms with van der Waals surface area (Å²) in [6.07, 6.45) is 7.56. The van der Waals surface area contributed by atoms with Gasteiger partial charge >= 0.3 is 0 Å². The van der Waals surface area contributed by atoms with Crippen LogP contribution in [0, 0.1) is 0 Å². The zero-order valence-electron chi connectivity index (χ0n) is 7.27. The molecule has 2 heterocycles. The second kappa shape index (κ2) is 2.99. The van der Waals surface area contributed by atoms with Crippen molar-refractivity contribution in [3.8, 4) is 0 Å². The number of fused-ring (bicyclic) bond motifs is 3. The van der Waals surface area contributed by atoms with Gasteiger partial charge in [0.15, 0.2) is 0 Å². The van der Waals surface area contributed by atoms with Gasteiger partial charge in [-0.1, -0.05) is 12.1 Å². The maximum atomic E-state index is 4.25. The van der Waals surface area contributed by atoms with Crippen LogP contribution in [-0.4, -0.2) is 6.34 Å². The van der Waals surface area contributed by atoms with E-state index >= 15 is 0 Å². The van der Waals surface area contributed by atoms with E-state index in [2.05, 4.69) is 26.8 Å². The number of benzene rings is 1. The van der Waals surface area contributed by atoms with Crippen molar-refractivity contribution in [3.63, 3.8) is 0 Å². The summed E-state index contributed by atoms with van der Waals surface area (Å²) in [6, 6.07) is 4.06. The predicted molar refractivity (Wildman–Crippen MR) is 58.0 cm³/mol. The molecule has 1 aromatic rings. The van der Waals surface area contributed by atoms with Crippen molar-refractivity contribution in [1.82, 2.24) is 4.72 Å². The molecule has 2 aliphatic heterocycles. The molecule has 2 aliphatic rings. The van der Waals surface area contributed by atoms with Gasteiger partial charge in [-0.05, 0) is 29.3 Å². The summed E-state index contributed by atoms with van der Waals surface area (Å²) in [5, 5.41) is 2.14. The third-order valence-electron chi connectivity index (χ3n) is 2.13. The highest BCUT2D eigenvalue weighted by Gasteiger charge is 2.09. The van der Waals surface area contributed by atoms with E-state index in [0.29, 0.717) is 0 Å². The summed E-state index contributed by atoms with van der Waals surface area (Å²) >= 11 is 1.57. The Bertz CT molecular complexity index is 557. The summed E-state index contributed by atoms with van der Waals surface area (Å²) in [4.78, 5) is 9.57. The Morgan fingerprint density at radius 2 is 2.29 bits per heavy atom. The van der Waals surface area contributed by atoms with Crippen molar-refractivity contribution in [3.05, 3.63) is 35.0 Å². The second-order valence-corrected chi connectivity index (χ2v) is 3.82. The Hall–Kier alpha value is -1.55. The molecule has 3 rings (SSSR count). The molecule has 0 amide bonds. The number of hydrogen-bond acceptors (Lipinski definition) is 4. The Morgan fingerprint density at radius 3 is 3.29 bits per heavy atom. The van der Waals surface area contributed by atoms with Gasteiger partial charge in [-0.2, -0.15) is 0 Å². The monoisotopic (exact) mass is 201 g/mol. The molecule has 4 heteroatoms. The summed E-state index contributed by atoms with van der Waals surface area (Å²) in [5.41, 5.74) is 0.972. The Balaban J connectivity index is 2.39. The van der Waals surface area contributed by atoms with Crippen LogP contribution in [0.1, 0.15) is 0 Å². The predicted octanol–water partition coefficient (Wildman–Crippen LogP) is 0.884. The minimum Gasteiger partial charge on any atom is -0.332 e. The van der Waals surface area contributed by atoms with E-state index in [1.807, 2.05) is 18.3 Å². The van der Waals surface area contributed by atoms with Crippen LogP contribution in [-0.2, 0) is 0 Å². The van der Waals surface area contributed by atoms with Gasteiger partial charge in [0, 0.05) is 6.20 Å². The van der Waals surface area contributed by atoms with Crippen molar-refractivity contribution in [2.75, 3.05) is 0 Å². The molecule has 0 bridgehead atoms. The fourth-order valence-corrected chi connectivity index (χ4v) is 2.25. The van der Waals surface area contributed by atoms with E-state index < -0.39 is 0 Å². The smallest absolute Gasteiger partial charge is 0.116 e. The lowest BCUT2D eigenvalue weighted by Gasteiger charge is -2.01. The molecular weight excluding hydrogens is 194 g/mol. The molecule has 1 aromatic carbocycles.